The van der Waals surface area contributed by atoms with Gasteiger partial charge in [-0.15, -0.1) is 10.2 Å². The maximum atomic E-state index is 10.7. The molecule has 1 aromatic heterocycles. The van der Waals surface area contributed by atoms with Crippen LogP contribution >= 0.6 is 11.8 Å². The first-order valence-electron chi connectivity index (χ1n) is 6.77. The number of rotatable bonds is 7. The van der Waals surface area contributed by atoms with Crippen molar-refractivity contribution in [2.45, 2.75) is 25.0 Å². The third-order valence-electron chi connectivity index (χ3n) is 3.18. The number of morpholine rings is 1. The van der Waals surface area contributed by atoms with Crippen LogP contribution in [0, 0.1) is 0 Å². The summed E-state index contributed by atoms with van der Waals surface area (Å²) in [6, 6.07) is 0. The first-order valence-corrected chi connectivity index (χ1v) is 7.76. The van der Waals surface area contributed by atoms with E-state index in [0.717, 1.165) is 51.6 Å². The van der Waals surface area contributed by atoms with Crippen molar-refractivity contribution in [1.82, 2.24) is 19.7 Å². The Labute approximate surface area is 122 Å². The number of thioether (sulfide) groups is 1. The topological polar surface area (TPSA) is 80.5 Å². The van der Waals surface area contributed by atoms with Crippen LogP contribution in [0.5, 0.6) is 0 Å². The minimum absolute atomic E-state index is 0.0133. The van der Waals surface area contributed by atoms with E-state index in [1.807, 2.05) is 11.5 Å². The highest BCUT2D eigenvalue weighted by atomic mass is 32.2. The maximum Gasteiger partial charge on any atom is 0.313 e. The zero-order chi connectivity index (χ0) is 14.4. The highest BCUT2D eigenvalue weighted by molar-refractivity contribution is 7.99. The van der Waals surface area contributed by atoms with Crippen LogP contribution in [0.25, 0.3) is 0 Å². The molecule has 0 spiro atoms. The van der Waals surface area contributed by atoms with Crippen molar-refractivity contribution < 1.29 is 14.6 Å². The summed E-state index contributed by atoms with van der Waals surface area (Å²) < 4.78 is 7.36. The second kappa shape index (κ2) is 7.61. The monoisotopic (exact) mass is 300 g/mol. The number of ether oxygens (including phenoxy) is 1. The van der Waals surface area contributed by atoms with Crippen molar-refractivity contribution >= 4 is 17.7 Å². The van der Waals surface area contributed by atoms with Gasteiger partial charge in [0.05, 0.1) is 19.0 Å². The fourth-order valence-electron chi connectivity index (χ4n) is 2.10. The van der Waals surface area contributed by atoms with Gasteiger partial charge in [0.15, 0.2) is 5.16 Å². The Balaban J connectivity index is 1.96. The molecule has 1 N–H and O–H groups in total. The Hall–Kier alpha value is -1.12. The molecule has 0 radical (unpaired) electrons. The van der Waals surface area contributed by atoms with Crippen LogP contribution < -0.4 is 0 Å². The summed E-state index contributed by atoms with van der Waals surface area (Å²) >= 11 is 1.22. The summed E-state index contributed by atoms with van der Waals surface area (Å²) in [7, 11) is 0. The van der Waals surface area contributed by atoms with Crippen LogP contribution in [0.15, 0.2) is 5.16 Å². The van der Waals surface area contributed by atoms with Crippen LogP contribution in [0.2, 0.25) is 0 Å². The molecule has 0 bridgehead atoms. The Morgan fingerprint density at radius 1 is 1.35 bits per heavy atom. The molecule has 0 saturated carbocycles. The molecule has 1 aliphatic rings. The van der Waals surface area contributed by atoms with Crippen molar-refractivity contribution in [1.29, 1.82) is 0 Å². The minimum Gasteiger partial charge on any atom is -0.481 e. The summed E-state index contributed by atoms with van der Waals surface area (Å²) in [5.41, 5.74) is 0. The molecule has 2 rings (SSSR count). The molecule has 0 aliphatic carbocycles. The number of hydrogen-bond donors (Lipinski definition) is 1. The molecule has 8 heteroatoms. The predicted molar refractivity (Wildman–Crippen MR) is 75.0 cm³/mol. The normalized spacial score (nSPS) is 16.4. The quantitative estimate of drug-likeness (QED) is 0.728. The van der Waals surface area contributed by atoms with E-state index in [1.54, 1.807) is 0 Å². The predicted octanol–water partition coefficient (Wildman–Crippen LogP) is 0.349. The van der Waals surface area contributed by atoms with E-state index in [0.29, 0.717) is 5.16 Å². The Morgan fingerprint density at radius 3 is 2.75 bits per heavy atom. The first-order chi connectivity index (χ1) is 9.70. The molecule has 0 aromatic carbocycles. The molecule has 0 unspecified atom stereocenters. The van der Waals surface area contributed by atoms with Gasteiger partial charge in [-0.3, -0.25) is 9.69 Å². The lowest BCUT2D eigenvalue weighted by molar-refractivity contribution is -0.133. The summed E-state index contributed by atoms with van der Waals surface area (Å²) in [4.78, 5) is 13.0. The van der Waals surface area contributed by atoms with Gasteiger partial charge in [-0.1, -0.05) is 18.7 Å². The van der Waals surface area contributed by atoms with Crippen LogP contribution in [0.1, 0.15) is 12.7 Å². The van der Waals surface area contributed by atoms with Crippen LogP contribution in [-0.2, 0) is 22.5 Å². The van der Waals surface area contributed by atoms with E-state index >= 15 is 0 Å². The van der Waals surface area contributed by atoms with Gasteiger partial charge >= 0.3 is 5.97 Å². The fraction of sp³-hybridized carbons (Fsp3) is 0.750. The third-order valence-corrected chi connectivity index (χ3v) is 4.13. The Bertz CT molecular complexity index is 446. The van der Waals surface area contributed by atoms with Crippen molar-refractivity contribution in [3.05, 3.63) is 5.82 Å². The van der Waals surface area contributed by atoms with Crippen LogP contribution in [0.4, 0.5) is 0 Å². The summed E-state index contributed by atoms with van der Waals surface area (Å²) in [5.74, 6) is 0.0845. The Kier molecular flexibility index (Phi) is 5.81. The second-order valence-corrected chi connectivity index (χ2v) is 5.48. The smallest absolute Gasteiger partial charge is 0.313 e. The second-order valence-electron chi connectivity index (χ2n) is 4.54. The van der Waals surface area contributed by atoms with Gasteiger partial charge in [0.1, 0.15) is 5.82 Å². The lowest BCUT2D eigenvalue weighted by Gasteiger charge is -2.26. The zero-order valence-electron chi connectivity index (χ0n) is 11.6. The van der Waals surface area contributed by atoms with Crippen LogP contribution in [-0.4, -0.2) is 69.3 Å². The van der Waals surface area contributed by atoms with Crippen molar-refractivity contribution in [3.63, 3.8) is 0 Å². The molecule has 0 atom stereocenters. The fourth-order valence-corrected chi connectivity index (χ4v) is 2.81. The molecule has 0 amide bonds. The van der Waals surface area contributed by atoms with E-state index in [9.17, 15) is 4.79 Å². The van der Waals surface area contributed by atoms with Gasteiger partial charge in [-0.25, -0.2) is 0 Å². The average molecular weight is 300 g/mol. The number of aromatic nitrogens is 3. The van der Waals surface area contributed by atoms with E-state index in [2.05, 4.69) is 15.1 Å². The molecular formula is C12H20N4O3S. The number of hydrogen-bond acceptors (Lipinski definition) is 6. The van der Waals surface area contributed by atoms with E-state index < -0.39 is 5.97 Å². The van der Waals surface area contributed by atoms with E-state index in [-0.39, 0.29) is 5.75 Å². The number of carboxylic acids is 1. The number of aliphatic carboxylic acids is 1. The number of carboxylic acid groups (broad SMARTS) is 1. The summed E-state index contributed by atoms with van der Waals surface area (Å²) in [5, 5.41) is 17.7. The largest absolute Gasteiger partial charge is 0.481 e. The van der Waals surface area contributed by atoms with Crippen LogP contribution in [0.3, 0.4) is 0 Å². The van der Waals surface area contributed by atoms with E-state index in [4.69, 9.17) is 9.84 Å². The van der Waals surface area contributed by atoms with Gasteiger partial charge in [0.2, 0.25) is 0 Å². The average Bonchev–Trinajstić information content (AvgIpc) is 2.86. The van der Waals surface area contributed by atoms with Crippen molar-refractivity contribution in [2.75, 3.05) is 38.6 Å². The van der Waals surface area contributed by atoms with Crippen molar-refractivity contribution in [3.8, 4) is 0 Å². The number of aryl methyl sites for hydroxylation is 1. The summed E-state index contributed by atoms with van der Waals surface area (Å²) in [6.45, 7) is 7.18. The maximum absolute atomic E-state index is 10.7. The van der Waals surface area contributed by atoms with Gasteiger partial charge in [0, 0.05) is 32.6 Å². The van der Waals surface area contributed by atoms with Gasteiger partial charge in [0.25, 0.3) is 0 Å². The molecule has 1 fully saturated rings. The molecule has 1 aromatic rings. The molecule has 2 heterocycles. The van der Waals surface area contributed by atoms with Gasteiger partial charge in [-0.2, -0.15) is 0 Å². The van der Waals surface area contributed by atoms with Crippen molar-refractivity contribution in [2.24, 2.45) is 0 Å². The summed E-state index contributed by atoms with van der Waals surface area (Å²) in [6.07, 6.45) is 0.795. The number of nitrogens with zero attached hydrogens (tertiary/aromatic N) is 4. The molecule has 1 saturated heterocycles. The molecule has 7 nitrogen and oxygen atoms in total. The van der Waals surface area contributed by atoms with E-state index in [1.165, 1.54) is 11.8 Å². The Morgan fingerprint density at radius 2 is 2.10 bits per heavy atom. The molecule has 20 heavy (non-hydrogen) atoms. The van der Waals surface area contributed by atoms with Gasteiger partial charge in [-0.05, 0) is 0 Å². The SMILES string of the molecule is CCc1nnc(SCC(=O)O)n1CCN1CCOCC1. The number of carbonyl (C=O) groups is 1. The molecule has 1 aliphatic heterocycles. The lowest BCUT2D eigenvalue weighted by Crippen LogP contribution is -2.38. The highest BCUT2D eigenvalue weighted by Crippen LogP contribution is 2.17. The first kappa shape index (κ1) is 15.3. The third kappa shape index (κ3) is 4.19. The highest BCUT2D eigenvalue weighted by Gasteiger charge is 2.15. The molecular weight excluding hydrogens is 280 g/mol. The lowest BCUT2D eigenvalue weighted by atomic mass is 10.4. The zero-order valence-corrected chi connectivity index (χ0v) is 12.4. The standard InChI is InChI=1S/C12H20N4O3S/c1-2-10-13-14-12(20-9-11(17)18)16(10)4-3-15-5-7-19-8-6-15/h2-9H2,1H3,(H,17,18). The molecule has 112 valence electrons. The van der Waals surface area contributed by atoms with Gasteiger partial charge < -0.3 is 14.4 Å². The minimum atomic E-state index is -0.837.